The maximum absolute atomic E-state index is 12.8. The lowest BCUT2D eigenvalue weighted by Gasteiger charge is -2.15. The third-order valence-corrected chi connectivity index (χ3v) is 4.50. The number of halogens is 4. The summed E-state index contributed by atoms with van der Waals surface area (Å²) in [6.45, 7) is -1.50. The van der Waals surface area contributed by atoms with E-state index in [0.29, 0.717) is 4.57 Å². The number of benzene rings is 1. The molecule has 3 rings (SSSR count). The van der Waals surface area contributed by atoms with E-state index in [1.807, 2.05) is 0 Å². The number of alkyl halides is 3. The number of hydrogen-bond acceptors (Lipinski definition) is 4. The van der Waals surface area contributed by atoms with Crippen molar-refractivity contribution in [3.05, 3.63) is 44.6 Å². The Morgan fingerprint density at radius 1 is 1.30 bits per heavy atom. The molecule has 1 aromatic carbocycles. The van der Waals surface area contributed by atoms with E-state index >= 15 is 0 Å². The Morgan fingerprint density at radius 3 is 2.57 bits per heavy atom. The van der Waals surface area contributed by atoms with Gasteiger partial charge in [0.15, 0.2) is 6.54 Å². The summed E-state index contributed by atoms with van der Waals surface area (Å²) in [5, 5.41) is 16.3. The molecular weight excluding hydrogens is 399 g/mol. The Bertz CT molecular complexity index is 938. The van der Waals surface area contributed by atoms with E-state index in [4.69, 9.17) is 0 Å². The molecule has 2 heterocycles. The Balaban J connectivity index is 2.40. The molecule has 3 aromatic rings. The molecule has 10 heteroatoms. The average Bonchev–Trinajstić information content (AvgIpc) is 2.86. The number of nitrogens with zero attached hydrogens (tertiary/aromatic N) is 3. The van der Waals surface area contributed by atoms with Crippen LogP contribution in [0.25, 0.3) is 16.1 Å². The molecule has 0 saturated heterocycles. The number of hydrogen-bond donors (Lipinski definition) is 0. The quantitative estimate of drug-likeness (QED) is 0.613. The molecule has 0 unspecified atom stereocenters. The SMILES string of the molecule is O=c1c(-c2ccccc2)c([O-])[n+](CC(F)(F)F)c2sc(Br)nn12. The van der Waals surface area contributed by atoms with E-state index in [1.165, 1.54) is 12.1 Å². The van der Waals surface area contributed by atoms with Crippen LogP contribution in [0.4, 0.5) is 13.2 Å². The van der Waals surface area contributed by atoms with Gasteiger partial charge in [0.25, 0.3) is 0 Å². The van der Waals surface area contributed by atoms with Crippen LogP contribution in [0.15, 0.2) is 39.0 Å². The van der Waals surface area contributed by atoms with Gasteiger partial charge in [0, 0.05) is 0 Å². The van der Waals surface area contributed by atoms with Gasteiger partial charge >= 0.3 is 16.7 Å². The molecule has 120 valence electrons. The molecule has 0 atom stereocenters. The van der Waals surface area contributed by atoms with Crippen molar-refractivity contribution in [1.29, 1.82) is 0 Å². The van der Waals surface area contributed by atoms with Gasteiger partial charge in [-0.25, -0.2) is 9.36 Å². The lowest BCUT2D eigenvalue weighted by atomic mass is 10.1. The zero-order chi connectivity index (χ0) is 16.8. The summed E-state index contributed by atoms with van der Waals surface area (Å²) in [5.74, 6) is -0.991. The zero-order valence-electron chi connectivity index (χ0n) is 11.2. The lowest BCUT2D eigenvalue weighted by Crippen LogP contribution is -2.47. The zero-order valence-corrected chi connectivity index (χ0v) is 13.6. The molecule has 0 aliphatic rings. The third-order valence-electron chi connectivity index (χ3n) is 3.03. The predicted molar refractivity (Wildman–Crippen MR) is 78.2 cm³/mol. The van der Waals surface area contributed by atoms with Crippen LogP contribution in [0, 0.1) is 0 Å². The van der Waals surface area contributed by atoms with Gasteiger partial charge in [-0.2, -0.15) is 13.2 Å². The normalized spacial score (nSPS) is 12.0. The molecule has 5 nitrogen and oxygen atoms in total. The minimum Gasteiger partial charge on any atom is -0.842 e. The van der Waals surface area contributed by atoms with E-state index in [9.17, 15) is 23.1 Å². The van der Waals surface area contributed by atoms with Crippen LogP contribution in [-0.2, 0) is 6.54 Å². The van der Waals surface area contributed by atoms with Crippen molar-refractivity contribution in [2.45, 2.75) is 12.7 Å². The Hall–Kier alpha value is -1.94. The topological polar surface area (TPSA) is 61.3 Å². The number of fused-ring (bicyclic) bond motifs is 1. The standard InChI is InChI=1S/C13H7BrF3N3O2S/c14-11-18-20-10(22)8(7-4-2-1-3-5-7)9(21)19(12(20)23-11)6-13(15,16)17/h1-5H,6H2. The number of rotatable bonds is 2. The van der Waals surface area contributed by atoms with Crippen LogP contribution < -0.4 is 15.2 Å². The van der Waals surface area contributed by atoms with Crippen LogP contribution in [-0.4, -0.2) is 15.8 Å². The molecule has 0 spiro atoms. The minimum atomic E-state index is -4.61. The van der Waals surface area contributed by atoms with E-state index in [-0.39, 0.29) is 20.0 Å². The van der Waals surface area contributed by atoms with Gasteiger partial charge in [0.05, 0.1) is 5.88 Å². The van der Waals surface area contributed by atoms with Crippen molar-refractivity contribution in [1.82, 2.24) is 9.61 Å². The molecule has 0 aliphatic carbocycles. The fourth-order valence-corrected chi connectivity index (χ4v) is 3.49. The highest BCUT2D eigenvalue weighted by atomic mass is 79.9. The van der Waals surface area contributed by atoms with E-state index in [2.05, 4.69) is 21.0 Å². The molecule has 0 N–H and O–H groups in total. The second kappa shape index (κ2) is 5.60. The van der Waals surface area contributed by atoms with Crippen molar-refractivity contribution >= 4 is 32.2 Å². The highest BCUT2D eigenvalue weighted by Crippen LogP contribution is 2.26. The van der Waals surface area contributed by atoms with E-state index in [0.717, 1.165) is 15.9 Å². The molecule has 0 bridgehead atoms. The molecule has 2 aromatic heterocycles. The van der Waals surface area contributed by atoms with E-state index < -0.39 is 24.2 Å². The van der Waals surface area contributed by atoms with Crippen molar-refractivity contribution < 1.29 is 22.8 Å². The van der Waals surface area contributed by atoms with Crippen LogP contribution in [0.1, 0.15) is 0 Å². The number of aromatic nitrogens is 3. The van der Waals surface area contributed by atoms with Crippen LogP contribution in [0.3, 0.4) is 0 Å². The highest BCUT2D eigenvalue weighted by Gasteiger charge is 2.35. The predicted octanol–water partition coefficient (Wildman–Crippen LogP) is 2.11. The first kappa shape index (κ1) is 15.9. The van der Waals surface area contributed by atoms with Crippen LogP contribution >= 0.6 is 27.3 Å². The summed E-state index contributed by atoms with van der Waals surface area (Å²) in [6.07, 6.45) is -4.61. The largest absolute Gasteiger partial charge is 0.842 e. The molecule has 0 fully saturated rings. The van der Waals surface area contributed by atoms with Gasteiger partial charge in [-0.15, -0.1) is 0 Å². The maximum atomic E-state index is 12.8. The monoisotopic (exact) mass is 405 g/mol. The summed E-state index contributed by atoms with van der Waals surface area (Å²) in [7, 11) is 0. The highest BCUT2D eigenvalue weighted by molar-refractivity contribution is 9.11. The second-order valence-electron chi connectivity index (χ2n) is 4.60. The summed E-state index contributed by atoms with van der Waals surface area (Å²) in [5.41, 5.74) is -0.848. The summed E-state index contributed by atoms with van der Waals surface area (Å²) in [4.78, 5) is 12.3. The molecule has 0 saturated carbocycles. The van der Waals surface area contributed by atoms with Crippen molar-refractivity contribution in [2.75, 3.05) is 0 Å². The summed E-state index contributed by atoms with van der Waals surface area (Å²) in [6, 6.07) is 7.84. The van der Waals surface area contributed by atoms with E-state index in [1.54, 1.807) is 18.2 Å². The third kappa shape index (κ3) is 2.95. The fourth-order valence-electron chi connectivity index (χ4n) is 2.15. The maximum Gasteiger partial charge on any atom is 0.426 e. The minimum absolute atomic E-state index is 0.177. The van der Waals surface area contributed by atoms with Gasteiger partial charge in [-0.3, -0.25) is 0 Å². The Morgan fingerprint density at radius 2 is 1.96 bits per heavy atom. The average molecular weight is 406 g/mol. The molecule has 0 amide bonds. The van der Waals surface area contributed by atoms with Crippen LogP contribution in [0.5, 0.6) is 5.88 Å². The fraction of sp³-hybridized carbons (Fsp3) is 0.154. The first-order valence-corrected chi connectivity index (χ1v) is 7.83. The first-order valence-electron chi connectivity index (χ1n) is 6.22. The van der Waals surface area contributed by atoms with Crippen molar-refractivity contribution in [3.63, 3.8) is 0 Å². The molecule has 0 radical (unpaired) electrons. The second-order valence-corrected chi connectivity index (χ2v) is 6.83. The first-order chi connectivity index (χ1) is 10.8. The van der Waals surface area contributed by atoms with Crippen molar-refractivity contribution in [2.24, 2.45) is 0 Å². The van der Waals surface area contributed by atoms with Crippen molar-refractivity contribution in [3.8, 4) is 17.0 Å². The van der Waals surface area contributed by atoms with Gasteiger partial charge < -0.3 is 5.11 Å². The van der Waals surface area contributed by atoms with Gasteiger partial charge in [-0.05, 0) is 37.3 Å². The molecular formula is C13H7BrF3N3O2S. The Labute approximate surface area is 139 Å². The smallest absolute Gasteiger partial charge is 0.426 e. The summed E-state index contributed by atoms with van der Waals surface area (Å²) >= 11 is 3.81. The van der Waals surface area contributed by atoms with Gasteiger partial charge in [-0.1, -0.05) is 35.4 Å². The Kier molecular flexibility index (Phi) is 3.88. The summed E-state index contributed by atoms with van der Waals surface area (Å²) < 4.78 is 40.0. The van der Waals surface area contributed by atoms with Gasteiger partial charge in [0.2, 0.25) is 3.92 Å². The van der Waals surface area contributed by atoms with Crippen LogP contribution in [0.2, 0.25) is 0 Å². The molecule has 0 aliphatic heterocycles. The molecule has 23 heavy (non-hydrogen) atoms. The van der Waals surface area contributed by atoms with Gasteiger partial charge in [0.1, 0.15) is 5.56 Å². The lowest BCUT2D eigenvalue weighted by molar-refractivity contribution is -0.733.